The van der Waals surface area contributed by atoms with Gasteiger partial charge in [-0.3, -0.25) is 0 Å². The summed E-state index contributed by atoms with van der Waals surface area (Å²) in [4.78, 5) is 12.2. The average Bonchev–Trinajstić information content (AvgIpc) is 2.86. The van der Waals surface area contributed by atoms with E-state index in [1.54, 1.807) is 24.3 Å². The summed E-state index contributed by atoms with van der Waals surface area (Å²) in [6.45, 7) is 1.97. The Balaban J connectivity index is 1.53. The minimum atomic E-state index is -1.03. The van der Waals surface area contributed by atoms with Crippen molar-refractivity contribution in [2.24, 2.45) is 0 Å². The molecule has 1 unspecified atom stereocenters. The number of carbonyl (C=O) groups is 1. The number of aromatic hydroxyl groups is 1. The van der Waals surface area contributed by atoms with Crippen molar-refractivity contribution in [3.05, 3.63) is 107 Å². The minimum absolute atomic E-state index is 0.0219. The molecule has 0 aliphatic carbocycles. The van der Waals surface area contributed by atoms with Gasteiger partial charge >= 0.3 is 5.97 Å². The van der Waals surface area contributed by atoms with Crippen LogP contribution in [0.15, 0.2) is 78.9 Å². The van der Waals surface area contributed by atoms with E-state index in [1.807, 2.05) is 6.92 Å². The number of halogens is 3. The average molecular weight is 492 g/mol. The summed E-state index contributed by atoms with van der Waals surface area (Å²) in [5.74, 6) is -4.17. The Morgan fingerprint density at radius 2 is 1.39 bits per heavy atom. The van der Waals surface area contributed by atoms with Crippen LogP contribution in [0.1, 0.15) is 41.8 Å². The first-order valence-electron chi connectivity index (χ1n) is 11.4. The number of hydrogen-bond acceptors (Lipinski definition) is 4. The molecule has 0 bridgehead atoms. The number of phenols is 1. The lowest BCUT2D eigenvalue weighted by atomic mass is 9.97. The molecule has 0 aliphatic rings. The van der Waals surface area contributed by atoms with E-state index in [-0.39, 0.29) is 28.2 Å². The number of aliphatic hydroxyl groups excluding tert-OH is 1. The molecule has 4 rings (SSSR count). The molecule has 0 spiro atoms. The molecule has 0 saturated heterocycles. The van der Waals surface area contributed by atoms with Crippen molar-refractivity contribution in [3.8, 4) is 33.8 Å². The number of benzene rings is 4. The molecular formula is C29H23F3O4. The molecule has 4 aromatic carbocycles. The van der Waals surface area contributed by atoms with Crippen molar-refractivity contribution in [1.29, 1.82) is 0 Å². The number of rotatable bonds is 7. The summed E-state index contributed by atoms with van der Waals surface area (Å²) in [6, 6.07) is 18.4. The molecular weight excluding hydrogens is 469 g/mol. The van der Waals surface area contributed by atoms with E-state index in [4.69, 9.17) is 4.74 Å². The Bertz CT molecular complexity index is 1380. The van der Waals surface area contributed by atoms with E-state index in [0.29, 0.717) is 23.1 Å². The number of aliphatic hydroxyl groups is 1. The maximum Gasteiger partial charge on any atom is 0.346 e. The number of carbonyl (C=O) groups excluding carboxylic acids is 1. The molecule has 4 aromatic rings. The van der Waals surface area contributed by atoms with Gasteiger partial charge in [-0.1, -0.05) is 61.9 Å². The van der Waals surface area contributed by atoms with Crippen LogP contribution in [-0.4, -0.2) is 16.2 Å². The SMILES string of the molecule is CCCC(O)c1ccc(-c2ccc(-c3ccc(OC(=O)c4ccc(O)cc4F)cc3)c(F)c2F)cc1. The quantitative estimate of drug-likeness (QED) is 0.212. The standard InChI is InChI=1S/C29H23F3O4/c1-2-3-26(34)19-6-4-17(5-7-19)22-14-15-23(28(32)27(22)31)18-8-11-21(12-9-18)36-29(35)24-13-10-20(33)16-25(24)30/h4-16,26,33-34H,2-3H2,1H3. The smallest absolute Gasteiger partial charge is 0.346 e. The third-order valence-electron chi connectivity index (χ3n) is 5.80. The third-order valence-corrected chi connectivity index (χ3v) is 5.80. The predicted molar refractivity (Wildman–Crippen MR) is 130 cm³/mol. The van der Waals surface area contributed by atoms with Gasteiger partial charge in [0.05, 0.1) is 11.7 Å². The highest BCUT2D eigenvalue weighted by Gasteiger charge is 2.18. The second-order valence-corrected chi connectivity index (χ2v) is 8.29. The largest absolute Gasteiger partial charge is 0.508 e. The van der Waals surface area contributed by atoms with Gasteiger partial charge in [0.1, 0.15) is 17.3 Å². The zero-order valence-electron chi connectivity index (χ0n) is 19.3. The van der Waals surface area contributed by atoms with Gasteiger partial charge < -0.3 is 14.9 Å². The van der Waals surface area contributed by atoms with Crippen LogP contribution in [0, 0.1) is 17.5 Å². The lowest BCUT2D eigenvalue weighted by Gasteiger charge is -2.12. The van der Waals surface area contributed by atoms with Crippen LogP contribution in [0.4, 0.5) is 13.2 Å². The van der Waals surface area contributed by atoms with Gasteiger partial charge in [0.2, 0.25) is 0 Å². The van der Waals surface area contributed by atoms with E-state index < -0.39 is 29.5 Å². The number of ether oxygens (including phenoxy) is 1. The van der Waals surface area contributed by atoms with E-state index in [1.165, 1.54) is 36.4 Å². The Kier molecular flexibility index (Phi) is 7.41. The zero-order valence-corrected chi connectivity index (χ0v) is 19.3. The Labute approximate surface area is 206 Å². The lowest BCUT2D eigenvalue weighted by molar-refractivity contribution is 0.0730. The van der Waals surface area contributed by atoms with Crippen LogP contribution in [0.3, 0.4) is 0 Å². The van der Waals surface area contributed by atoms with Gasteiger partial charge in [0, 0.05) is 17.2 Å². The van der Waals surface area contributed by atoms with Gasteiger partial charge in [-0.2, -0.15) is 0 Å². The highest BCUT2D eigenvalue weighted by atomic mass is 19.2. The molecule has 0 saturated carbocycles. The summed E-state index contributed by atoms with van der Waals surface area (Å²) >= 11 is 0. The van der Waals surface area contributed by atoms with Crippen molar-refractivity contribution in [2.45, 2.75) is 25.9 Å². The molecule has 1 atom stereocenters. The normalized spacial score (nSPS) is 11.8. The van der Waals surface area contributed by atoms with E-state index in [2.05, 4.69) is 0 Å². The molecule has 184 valence electrons. The molecule has 0 heterocycles. The molecule has 0 amide bonds. The monoisotopic (exact) mass is 492 g/mol. The molecule has 7 heteroatoms. The van der Waals surface area contributed by atoms with Crippen molar-refractivity contribution < 1.29 is 32.9 Å². The highest BCUT2D eigenvalue weighted by molar-refractivity contribution is 5.91. The fourth-order valence-electron chi connectivity index (χ4n) is 3.85. The molecule has 0 aliphatic heterocycles. The van der Waals surface area contributed by atoms with Crippen LogP contribution in [0.25, 0.3) is 22.3 Å². The Hall–Kier alpha value is -4.10. The van der Waals surface area contributed by atoms with Crippen LogP contribution in [-0.2, 0) is 0 Å². The lowest BCUT2D eigenvalue weighted by Crippen LogP contribution is -2.10. The second-order valence-electron chi connectivity index (χ2n) is 8.29. The maximum atomic E-state index is 15.0. The van der Waals surface area contributed by atoms with Gasteiger partial charge in [0.25, 0.3) is 0 Å². The fourth-order valence-corrected chi connectivity index (χ4v) is 3.85. The summed E-state index contributed by atoms with van der Waals surface area (Å²) in [6.07, 6.45) is 0.836. The first kappa shape index (κ1) is 25.0. The van der Waals surface area contributed by atoms with Crippen molar-refractivity contribution >= 4 is 5.97 Å². The zero-order chi connectivity index (χ0) is 25.8. The summed E-state index contributed by atoms with van der Waals surface area (Å²) < 4.78 is 49.0. The summed E-state index contributed by atoms with van der Waals surface area (Å²) in [7, 11) is 0. The molecule has 4 nitrogen and oxygen atoms in total. The predicted octanol–water partition coefficient (Wildman–Crippen LogP) is 7.20. The van der Waals surface area contributed by atoms with E-state index >= 15 is 0 Å². The molecule has 2 N–H and O–H groups in total. The number of phenolic OH excluding ortho intramolecular Hbond substituents is 1. The van der Waals surface area contributed by atoms with Crippen molar-refractivity contribution in [2.75, 3.05) is 0 Å². The van der Waals surface area contributed by atoms with Crippen LogP contribution >= 0.6 is 0 Å². The summed E-state index contributed by atoms with van der Waals surface area (Å²) in [5.41, 5.74) is 1.31. The Morgan fingerprint density at radius 1 is 0.833 bits per heavy atom. The second kappa shape index (κ2) is 10.7. The summed E-state index contributed by atoms with van der Waals surface area (Å²) in [5, 5.41) is 19.4. The molecule has 0 radical (unpaired) electrons. The topological polar surface area (TPSA) is 66.8 Å². The first-order valence-corrected chi connectivity index (χ1v) is 11.4. The highest BCUT2D eigenvalue weighted by Crippen LogP contribution is 2.33. The number of esters is 1. The van der Waals surface area contributed by atoms with Crippen LogP contribution < -0.4 is 4.74 Å². The van der Waals surface area contributed by atoms with Gasteiger partial charge in [-0.05, 0) is 47.4 Å². The van der Waals surface area contributed by atoms with E-state index in [0.717, 1.165) is 24.6 Å². The van der Waals surface area contributed by atoms with Gasteiger partial charge in [-0.25, -0.2) is 18.0 Å². The minimum Gasteiger partial charge on any atom is -0.508 e. The maximum absolute atomic E-state index is 15.0. The van der Waals surface area contributed by atoms with Gasteiger partial charge in [-0.15, -0.1) is 0 Å². The first-order chi connectivity index (χ1) is 17.3. The van der Waals surface area contributed by atoms with Gasteiger partial charge in [0.15, 0.2) is 11.6 Å². The molecule has 0 fully saturated rings. The third kappa shape index (κ3) is 5.26. The molecule has 36 heavy (non-hydrogen) atoms. The van der Waals surface area contributed by atoms with E-state index in [9.17, 15) is 28.2 Å². The van der Waals surface area contributed by atoms with Crippen molar-refractivity contribution in [3.63, 3.8) is 0 Å². The molecule has 0 aromatic heterocycles. The number of hydrogen-bond donors (Lipinski definition) is 2. The van der Waals surface area contributed by atoms with Crippen LogP contribution in [0.5, 0.6) is 11.5 Å². The van der Waals surface area contributed by atoms with Crippen molar-refractivity contribution in [1.82, 2.24) is 0 Å². The Morgan fingerprint density at radius 3 is 1.92 bits per heavy atom. The fraction of sp³-hybridized carbons (Fsp3) is 0.138. The van der Waals surface area contributed by atoms with Crippen LogP contribution in [0.2, 0.25) is 0 Å².